The van der Waals surface area contributed by atoms with Gasteiger partial charge < -0.3 is 10.5 Å². The van der Waals surface area contributed by atoms with Gasteiger partial charge in [-0.15, -0.1) is 0 Å². The minimum absolute atomic E-state index is 0.203. The van der Waals surface area contributed by atoms with E-state index in [1.807, 2.05) is 24.3 Å². The predicted octanol–water partition coefficient (Wildman–Crippen LogP) is 3.63. The van der Waals surface area contributed by atoms with Gasteiger partial charge in [0, 0.05) is 34.5 Å². The van der Waals surface area contributed by atoms with Crippen LogP contribution in [0.15, 0.2) is 57.9 Å². The van der Waals surface area contributed by atoms with Crippen molar-refractivity contribution in [2.75, 3.05) is 20.3 Å². The maximum atomic E-state index is 13.2. The fraction of sp³-hybridized carbons (Fsp3) is 0.333. The highest BCUT2D eigenvalue weighted by Gasteiger charge is 2.70. The molecule has 0 radical (unpaired) electrons. The van der Waals surface area contributed by atoms with Crippen LogP contribution in [0.1, 0.15) is 11.5 Å². The van der Waals surface area contributed by atoms with Crippen LogP contribution in [0.2, 0.25) is 5.02 Å². The first-order valence-corrected chi connectivity index (χ1v) is 10.5. The van der Waals surface area contributed by atoms with Gasteiger partial charge in [0.2, 0.25) is 0 Å². The van der Waals surface area contributed by atoms with Gasteiger partial charge in [0.25, 0.3) is 0 Å². The Balaban J connectivity index is 2.05. The van der Waals surface area contributed by atoms with Crippen LogP contribution in [0.3, 0.4) is 0 Å². The molecule has 0 bridgehead atoms. The molecule has 0 saturated heterocycles. The van der Waals surface area contributed by atoms with E-state index >= 15 is 0 Å². The zero-order valence-corrected chi connectivity index (χ0v) is 16.8. The number of halogens is 2. The molecular formula is C18H19BrClNO3S. The Morgan fingerprint density at radius 2 is 1.76 bits per heavy atom. The molecule has 1 aliphatic carbocycles. The molecule has 7 heteroatoms. The lowest BCUT2D eigenvalue weighted by atomic mass is 10.0. The summed E-state index contributed by atoms with van der Waals surface area (Å²) in [4.78, 5) is 0.260. The Morgan fingerprint density at radius 1 is 1.16 bits per heavy atom. The van der Waals surface area contributed by atoms with E-state index in [0.717, 1.165) is 10.0 Å². The van der Waals surface area contributed by atoms with Crippen LogP contribution in [0.5, 0.6) is 0 Å². The van der Waals surface area contributed by atoms with Crippen molar-refractivity contribution in [2.24, 2.45) is 11.1 Å². The monoisotopic (exact) mass is 443 g/mol. The number of ether oxygens (including phenoxy) is 1. The van der Waals surface area contributed by atoms with Crippen molar-refractivity contribution in [1.82, 2.24) is 0 Å². The maximum absolute atomic E-state index is 13.2. The van der Waals surface area contributed by atoms with E-state index < -0.39 is 20.5 Å². The Kier molecular flexibility index (Phi) is 5.28. The van der Waals surface area contributed by atoms with Crippen LogP contribution in [0, 0.1) is 5.41 Å². The minimum atomic E-state index is -3.56. The molecule has 0 spiro atoms. The zero-order chi connectivity index (χ0) is 18.2. The van der Waals surface area contributed by atoms with Crippen LogP contribution in [0.4, 0.5) is 0 Å². The summed E-state index contributed by atoms with van der Waals surface area (Å²) in [5, 5.41) is -0.117. The Morgan fingerprint density at radius 3 is 2.28 bits per heavy atom. The summed E-state index contributed by atoms with van der Waals surface area (Å²) in [6.45, 7) is 0.529. The summed E-state index contributed by atoms with van der Waals surface area (Å²) >= 11 is 9.30. The highest BCUT2D eigenvalue weighted by atomic mass is 79.9. The van der Waals surface area contributed by atoms with Gasteiger partial charge in [-0.25, -0.2) is 8.42 Å². The average molecular weight is 445 g/mol. The lowest BCUT2D eigenvalue weighted by Crippen LogP contribution is -2.28. The first kappa shape index (κ1) is 18.9. The highest BCUT2D eigenvalue weighted by Crippen LogP contribution is 2.63. The molecule has 0 aromatic heterocycles. The number of rotatable bonds is 6. The minimum Gasteiger partial charge on any atom is -0.384 e. The van der Waals surface area contributed by atoms with Gasteiger partial charge in [0.15, 0.2) is 9.84 Å². The predicted molar refractivity (Wildman–Crippen MR) is 103 cm³/mol. The standard InChI is InChI=1S/C18H19BrClNO3S/c1-24-11-18(10-21)16(12-2-4-13(19)5-3-12)17(18)25(22,23)15-8-6-14(20)7-9-15/h2-9,16-17H,10-11,21H2,1H3/t16-,17+,18-/m1/s1. The molecule has 0 heterocycles. The summed E-state index contributed by atoms with van der Waals surface area (Å²) in [6, 6.07) is 14.0. The Labute approximate surface area is 161 Å². The first-order chi connectivity index (χ1) is 11.9. The van der Waals surface area contributed by atoms with Crippen molar-refractivity contribution in [3.8, 4) is 0 Å². The number of nitrogens with two attached hydrogens (primary N) is 1. The van der Waals surface area contributed by atoms with Gasteiger partial charge in [-0.2, -0.15) is 0 Å². The van der Waals surface area contributed by atoms with Crippen LogP contribution >= 0.6 is 27.5 Å². The molecule has 3 atom stereocenters. The van der Waals surface area contributed by atoms with Crippen molar-refractivity contribution in [2.45, 2.75) is 16.1 Å². The topological polar surface area (TPSA) is 69.4 Å². The summed E-state index contributed by atoms with van der Waals surface area (Å²) in [5.41, 5.74) is 6.36. The van der Waals surface area contributed by atoms with E-state index in [1.54, 1.807) is 31.4 Å². The van der Waals surface area contributed by atoms with E-state index in [-0.39, 0.29) is 17.4 Å². The van der Waals surface area contributed by atoms with Crippen molar-refractivity contribution in [3.63, 3.8) is 0 Å². The average Bonchev–Trinajstić information content (AvgIpc) is 3.26. The maximum Gasteiger partial charge on any atom is 0.182 e. The van der Waals surface area contributed by atoms with Crippen LogP contribution in [0.25, 0.3) is 0 Å². The Hall–Kier alpha value is -0.920. The molecule has 2 aromatic carbocycles. The molecule has 2 N–H and O–H groups in total. The van der Waals surface area contributed by atoms with E-state index in [0.29, 0.717) is 11.6 Å². The van der Waals surface area contributed by atoms with Crippen LogP contribution < -0.4 is 5.73 Å². The fourth-order valence-electron chi connectivity index (χ4n) is 3.63. The zero-order valence-electron chi connectivity index (χ0n) is 13.7. The highest BCUT2D eigenvalue weighted by molar-refractivity contribution is 9.10. The quantitative estimate of drug-likeness (QED) is 0.738. The smallest absolute Gasteiger partial charge is 0.182 e. The molecule has 134 valence electrons. The van der Waals surface area contributed by atoms with E-state index in [9.17, 15) is 8.42 Å². The number of benzene rings is 2. The summed E-state index contributed by atoms with van der Waals surface area (Å²) in [7, 11) is -1.99. The number of methoxy groups -OCH3 is 1. The molecule has 1 aliphatic rings. The summed E-state index contributed by atoms with van der Waals surface area (Å²) in [6.07, 6.45) is 0. The van der Waals surface area contributed by atoms with E-state index in [4.69, 9.17) is 22.1 Å². The molecule has 25 heavy (non-hydrogen) atoms. The second kappa shape index (κ2) is 7.00. The van der Waals surface area contributed by atoms with Gasteiger partial charge >= 0.3 is 0 Å². The largest absolute Gasteiger partial charge is 0.384 e. The van der Waals surface area contributed by atoms with Gasteiger partial charge in [0.05, 0.1) is 16.8 Å². The van der Waals surface area contributed by atoms with Gasteiger partial charge in [-0.3, -0.25) is 0 Å². The third-order valence-electron chi connectivity index (χ3n) is 4.88. The molecule has 0 unspecified atom stereocenters. The van der Waals surface area contributed by atoms with E-state index in [2.05, 4.69) is 15.9 Å². The van der Waals surface area contributed by atoms with Crippen molar-refractivity contribution >= 4 is 37.4 Å². The number of sulfone groups is 1. The molecule has 2 aromatic rings. The third-order valence-corrected chi connectivity index (χ3v) is 8.00. The van der Waals surface area contributed by atoms with Crippen molar-refractivity contribution < 1.29 is 13.2 Å². The molecule has 3 rings (SSSR count). The van der Waals surface area contributed by atoms with Gasteiger partial charge in [-0.05, 0) is 42.0 Å². The van der Waals surface area contributed by atoms with Gasteiger partial charge in [0.1, 0.15) is 0 Å². The number of hydrogen-bond donors (Lipinski definition) is 1. The lowest BCUT2D eigenvalue weighted by Gasteiger charge is -2.15. The number of hydrogen-bond acceptors (Lipinski definition) is 4. The summed E-state index contributed by atoms with van der Waals surface area (Å²) in [5.74, 6) is -0.203. The molecular weight excluding hydrogens is 426 g/mol. The molecule has 0 amide bonds. The van der Waals surface area contributed by atoms with Gasteiger partial charge in [-0.1, -0.05) is 39.7 Å². The lowest BCUT2D eigenvalue weighted by molar-refractivity contribution is 0.142. The van der Waals surface area contributed by atoms with Crippen LogP contribution in [-0.4, -0.2) is 33.9 Å². The normalized spacial score (nSPS) is 25.8. The first-order valence-electron chi connectivity index (χ1n) is 7.81. The van der Waals surface area contributed by atoms with Crippen molar-refractivity contribution in [1.29, 1.82) is 0 Å². The van der Waals surface area contributed by atoms with Crippen LogP contribution in [-0.2, 0) is 14.6 Å². The molecule has 1 fully saturated rings. The Bertz CT molecular complexity index is 855. The second-order valence-electron chi connectivity index (χ2n) is 6.32. The van der Waals surface area contributed by atoms with E-state index in [1.165, 1.54) is 0 Å². The van der Waals surface area contributed by atoms with Crippen molar-refractivity contribution in [3.05, 3.63) is 63.6 Å². The molecule has 1 saturated carbocycles. The fourth-order valence-corrected chi connectivity index (χ4v) is 6.47. The third kappa shape index (κ3) is 3.26. The SMILES string of the molecule is COC[C@]1(CN)[C@H](c2ccc(Br)cc2)[C@@H]1S(=O)(=O)c1ccc(Cl)cc1. The molecule has 0 aliphatic heterocycles. The summed E-state index contributed by atoms with van der Waals surface area (Å²) < 4.78 is 32.8. The molecule has 4 nitrogen and oxygen atoms in total. The second-order valence-corrected chi connectivity index (χ2v) is 9.74.